The summed E-state index contributed by atoms with van der Waals surface area (Å²) < 4.78 is 28.5. The van der Waals surface area contributed by atoms with Gasteiger partial charge in [-0.1, -0.05) is 19.9 Å². The fourth-order valence-electron chi connectivity index (χ4n) is 3.48. The van der Waals surface area contributed by atoms with Crippen LogP contribution >= 0.6 is 0 Å². The van der Waals surface area contributed by atoms with Crippen LogP contribution in [-0.2, 0) is 10.2 Å². The molecular weight excluding hydrogens is 376 g/mol. The van der Waals surface area contributed by atoms with Gasteiger partial charge >= 0.3 is 0 Å². The lowest BCUT2D eigenvalue weighted by atomic mass is 9.95. The van der Waals surface area contributed by atoms with E-state index in [4.69, 9.17) is 0 Å². The molecule has 1 N–H and O–H groups in total. The highest BCUT2D eigenvalue weighted by molar-refractivity contribution is 7.86. The number of aromatic nitrogens is 3. The van der Waals surface area contributed by atoms with Crippen molar-refractivity contribution in [1.29, 1.82) is 0 Å². The van der Waals surface area contributed by atoms with Crippen molar-refractivity contribution in [2.24, 2.45) is 0 Å². The first-order valence-electron chi connectivity index (χ1n) is 9.71. The summed E-state index contributed by atoms with van der Waals surface area (Å²) in [4.78, 5) is 13.4. The van der Waals surface area contributed by atoms with Gasteiger partial charge in [-0.25, -0.2) is 9.97 Å². The quantitative estimate of drug-likeness (QED) is 0.763. The summed E-state index contributed by atoms with van der Waals surface area (Å²) >= 11 is 0. The number of hydrogen-bond acceptors (Lipinski definition) is 6. The lowest BCUT2D eigenvalue weighted by Gasteiger charge is -2.34. The summed E-state index contributed by atoms with van der Waals surface area (Å²) in [6, 6.07) is 5.76. The molecule has 1 fully saturated rings. The SMILES string of the molecule is CCN(CC)S(=O)(=O)N1CCC(c2cncc(Nc3cccc(C)n3)n2)CC1. The molecule has 0 aromatic carbocycles. The van der Waals surface area contributed by atoms with Gasteiger partial charge in [0.2, 0.25) is 0 Å². The molecule has 0 saturated carbocycles. The Morgan fingerprint density at radius 3 is 2.46 bits per heavy atom. The smallest absolute Gasteiger partial charge is 0.281 e. The molecule has 0 atom stereocenters. The summed E-state index contributed by atoms with van der Waals surface area (Å²) in [6.07, 6.45) is 4.92. The summed E-state index contributed by atoms with van der Waals surface area (Å²) in [6.45, 7) is 7.66. The molecule has 0 amide bonds. The van der Waals surface area contributed by atoms with Gasteiger partial charge in [-0.15, -0.1) is 0 Å². The van der Waals surface area contributed by atoms with Crippen molar-refractivity contribution in [2.45, 2.75) is 39.5 Å². The van der Waals surface area contributed by atoms with Crippen molar-refractivity contribution < 1.29 is 8.42 Å². The lowest BCUT2D eigenvalue weighted by molar-refractivity contribution is 0.289. The Bertz CT molecular complexity index is 893. The number of rotatable bonds is 7. The number of nitrogens with one attached hydrogen (secondary N) is 1. The van der Waals surface area contributed by atoms with E-state index in [9.17, 15) is 8.42 Å². The number of hydrogen-bond donors (Lipinski definition) is 1. The Labute approximate surface area is 167 Å². The number of nitrogens with zero attached hydrogens (tertiary/aromatic N) is 5. The van der Waals surface area contributed by atoms with Crippen molar-refractivity contribution in [3.63, 3.8) is 0 Å². The second-order valence-electron chi connectivity index (χ2n) is 6.88. The molecule has 28 heavy (non-hydrogen) atoms. The van der Waals surface area contributed by atoms with Crippen LogP contribution in [0.2, 0.25) is 0 Å². The molecule has 0 spiro atoms. The molecule has 1 saturated heterocycles. The standard InChI is InChI=1S/C19H28N6O2S/c1-4-24(5-2)28(26,27)25-11-9-16(10-12-25)17-13-20-14-19(22-17)23-18-8-6-7-15(3)21-18/h6-8,13-14,16H,4-5,9-12H2,1-3H3,(H,21,22,23). The Hall–Kier alpha value is -2.10. The maximum atomic E-state index is 12.7. The molecule has 0 bridgehead atoms. The monoisotopic (exact) mass is 404 g/mol. The van der Waals surface area contributed by atoms with E-state index in [0.29, 0.717) is 32.0 Å². The second kappa shape index (κ2) is 8.93. The van der Waals surface area contributed by atoms with E-state index in [1.165, 1.54) is 4.31 Å². The van der Waals surface area contributed by atoms with E-state index in [-0.39, 0.29) is 5.92 Å². The predicted octanol–water partition coefficient (Wildman–Crippen LogP) is 2.69. The first-order valence-corrected chi connectivity index (χ1v) is 11.1. The minimum Gasteiger partial charge on any atom is -0.324 e. The van der Waals surface area contributed by atoms with Crippen molar-refractivity contribution in [3.8, 4) is 0 Å². The van der Waals surface area contributed by atoms with Gasteiger partial charge in [-0.3, -0.25) is 4.98 Å². The molecule has 0 radical (unpaired) electrons. The van der Waals surface area contributed by atoms with Gasteiger partial charge in [0.1, 0.15) is 11.6 Å². The van der Waals surface area contributed by atoms with E-state index < -0.39 is 10.2 Å². The molecule has 2 aromatic rings. The Kier molecular flexibility index (Phi) is 6.58. The number of piperidine rings is 1. The number of anilines is 2. The minimum atomic E-state index is -3.37. The van der Waals surface area contributed by atoms with Crippen LogP contribution in [0, 0.1) is 6.92 Å². The molecule has 8 nitrogen and oxygen atoms in total. The van der Waals surface area contributed by atoms with E-state index in [1.807, 2.05) is 39.0 Å². The van der Waals surface area contributed by atoms with Crippen LogP contribution < -0.4 is 5.32 Å². The average Bonchev–Trinajstić information content (AvgIpc) is 2.69. The Balaban J connectivity index is 1.66. The highest BCUT2D eigenvalue weighted by Gasteiger charge is 2.32. The van der Waals surface area contributed by atoms with E-state index in [2.05, 4.69) is 20.3 Å². The maximum Gasteiger partial charge on any atom is 0.281 e. The molecule has 2 aromatic heterocycles. The zero-order valence-corrected chi connectivity index (χ0v) is 17.5. The summed E-state index contributed by atoms with van der Waals surface area (Å²) in [5.74, 6) is 1.57. The zero-order valence-electron chi connectivity index (χ0n) is 16.7. The molecule has 1 aliphatic rings. The molecule has 0 aliphatic carbocycles. The topological polar surface area (TPSA) is 91.3 Å². The van der Waals surface area contributed by atoms with Crippen LogP contribution in [0.3, 0.4) is 0 Å². The van der Waals surface area contributed by atoms with Crippen LogP contribution in [0.5, 0.6) is 0 Å². The Morgan fingerprint density at radius 2 is 1.82 bits per heavy atom. The van der Waals surface area contributed by atoms with E-state index >= 15 is 0 Å². The molecule has 0 unspecified atom stereocenters. The molecule has 9 heteroatoms. The molecule has 3 rings (SSSR count). The predicted molar refractivity (Wildman–Crippen MR) is 110 cm³/mol. The highest BCUT2D eigenvalue weighted by Crippen LogP contribution is 2.29. The van der Waals surface area contributed by atoms with Crippen LogP contribution in [0.4, 0.5) is 11.6 Å². The number of aryl methyl sites for hydroxylation is 1. The summed E-state index contributed by atoms with van der Waals surface area (Å²) in [5.41, 5.74) is 1.81. The van der Waals surface area contributed by atoms with Crippen molar-refractivity contribution >= 4 is 21.8 Å². The Morgan fingerprint density at radius 1 is 1.11 bits per heavy atom. The van der Waals surface area contributed by atoms with Crippen molar-refractivity contribution in [1.82, 2.24) is 23.6 Å². The normalized spacial score (nSPS) is 16.4. The molecule has 152 valence electrons. The largest absolute Gasteiger partial charge is 0.324 e. The van der Waals surface area contributed by atoms with Gasteiger partial charge in [-0.2, -0.15) is 17.0 Å². The first kappa shape index (κ1) is 20.6. The van der Waals surface area contributed by atoms with Gasteiger partial charge in [0.15, 0.2) is 0 Å². The van der Waals surface area contributed by atoms with Gasteiger partial charge in [0.25, 0.3) is 10.2 Å². The third kappa shape index (κ3) is 4.65. The first-order chi connectivity index (χ1) is 13.4. The van der Waals surface area contributed by atoms with Crippen molar-refractivity contribution in [2.75, 3.05) is 31.5 Å². The summed E-state index contributed by atoms with van der Waals surface area (Å²) in [7, 11) is -3.37. The fourth-order valence-corrected chi connectivity index (χ4v) is 5.13. The van der Waals surface area contributed by atoms with Crippen LogP contribution in [-0.4, -0.2) is 58.2 Å². The molecular formula is C19H28N6O2S. The zero-order chi connectivity index (χ0) is 20.1. The fraction of sp³-hybridized carbons (Fsp3) is 0.526. The minimum absolute atomic E-state index is 0.197. The number of pyridine rings is 1. The maximum absolute atomic E-state index is 12.7. The van der Waals surface area contributed by atoms with Gasteiger partial charge in [0.05, 0.1) is 11.9 Å². The highest BCUT2D eigenvalue weighted by atomic mass is 32.2. The van der Waals surface area contributed by atoms with Gasteiger partial charge in [-0.05, 0) is 31.9 Å². The summed E-state index contributed by atoms with van der Waals surface area (Å²) in [5, 5.41) is 3.19. The van der Waals surface area contributed by atoms with Crippen molar-refractivity contribution in [3.05, 3.63) is 42.0 Å². The third-order valence-corrected chi connectivity index (χ3v) is 7.21. The van der Waals surface area contributed by atoms with E-state index in [0.717, 1.165) is 30.0 Å². The molecule has 1 aliphatic heterocycles. The van der Waals surface area contributed by atoms with Gasteiger partial charge < -0.3 is 5.32 Å². The van der Waals surface area contributed by atoms with Crippen LogP contribution in [0.25, 0.3) is 0 Å². The van der Waals surface area contributed by atoms with Gasteiger partial charge in [0, 0.05) is 44.0 Å². The van der Waals surface area contributed by atoms with Crippen LogP contribution in [0.15, 0.2) is 30.6 Å². The van der Waals surface area contributed by atoms with E-state index in [1.54, 1.807) is 16.7 Å². The average molecular weight is 405 g/mol. The van der Waals surface area contributed by atoms with Crippen LogP contribution in [0.1, 0.15) is 44.0 Å². The third-order valence-electron chi connectivity index (χ3n) is 5.03. The second-order valence-corrected chi connectivity index (χ2v) is 8.81. The molecule has 3 heterocycles. The lowest BCUT2D eigenvalue weighted by Crippen LogP contribution is -2.46.